The average molecular weight is 319 g/mol. The highest BCUT2D eigenvalue weighted by Gasteiger charge is 2.35. The SMILES string of the molecule is Cc1cnn(C2CCCC2)c1NC(=O)CN1C(=O)CN(C)C1=O. The minimum atomic E-state index is -0.439. The van der Waals surface area contributed by atoms with E-state index < -0.39 is 6.03 Å². The van der Waals surface area contributed by atoms with Gasteiger partial charge in [0.05, 0.1) is 12.2 Å². The molecule has 1 aliphatic carbocycles. The molecule has 1 aromatic heterocycles. The molecule has 2 fully saturated rings. The Morgan fingerprint density at radius 3 is 2.65 bits per heavy atom. The van der Waals surface area contributed by atoms with Crippen molar-refractivity contribution < 1.29 is 14.4 Å². The predicted octanol–water partition coefficient (Wildman–Crippen LogP) is 1.14. The van der Waals surface area contributed by atoms with Crippen LogP contribution in [0.15, 0.2) is 6.20 Å². The zero-order valence-corrected chi connectivity index (χ0v) is 13.4. The first kappa shape index (κ1) is 15.5. The van der Waals surface area contributed by atoms with Crippen molar-refractivity contribution in [2.75, 3.05) is 25.5 Å². The van der Waals surface area contributed by atoms with Gasteiger partial charge in [-0.15, -0.1) is 0 Å². The van der Waals surface area contributed by atoms with Gasteiger partial charge in [0, 0.05) is 12.6 Å². The van der Waals surface area contributed by atoms with E-state index in [-0.39, 0.29) is 24.9 Å². The van der Waals surface area contributed by atoms with Gasteiger partial charge in [0.2, 0.25) is 5.91 Å². The number of amides is 4. The molecule has 0 spiro atoms. The van der Waals surface area contributed by atoms with Crippen LogP contribution in [0, 0.1) is 6.92 Å². The van der Waals surface area contributed by atoms with E-state index in [1.165, 1.54) is 24.8 Å². The van der Waals surface area contributed by atoms with E-state index in [0.29, 0.717) is 11.9 Å². The molecule has 0 atom stereocenters. The standard InChI is InChI=1S/C15H21N5O3/c1-10-7-16-20(11-5-3-4-6-11)14(10)17-12(21)8-19-13(22)9-18(2)15(19)23/h7,11H,3-6,8-9H2,1-2H3,(H,17,21). The minimum absolute atomic E-state index is 0.0190. The molecule has 0 unspecified atom stereocenters. The Labute approximate surface area is 134 Å². The smallest absolute Gasteiger partial charge is 0.318 e. The fourth-order valence-corrected chi connectivity index (χ4v) is 3.17. The summed E-state index contributed by atoms with van der Waals surface area (Å²) in [5.74, 6) is -0.0760. The maximum Gasteiger partial charge on any atom is 0.327 e. The van der Waals surface area contributed by atoms with Crippen LogP contribution in [-0.2, 0) is 9.59 Å². The number of nitrogens with zero attached hydrogens (tertiary/aromatic N) is 4. The molecule has 1 saturated carbocycles. The Morgan fingerprint density at radius 2 is 2.04 bits per heavy atom. The third kappa shape index (κ3) is 2.93. The van der Waals surface area contributed by atoms with E-state index in [0.717, 1.165) is 23.3 Å². The molecule has 8 nitrogen and oxygen atoms in total. The first-order valence-electron chi connectivity index (χ1n) is 7.87. The number of nitrogens with one attached hydrogen (secondary N) is 1. The van der Waals surface area contributed by atoms with E-state index in [2.05, 4.69) is 10.4 Å². The number of aryl methyl sites for hydroxylation is 1. The van der Waals surface area contributed by atoms with Crippen molar-refractivity contribution in [1.29, 1.82) is 0 Å². The molecule has 0 radical (unpaired) electrons. The van der Waals surface area contributed by atoms with Crippen LogP contribution >= 0.6 is 0 Å². The van der Waals surface area contributed by atoms with Gasteiger partial charge in [0.1, 0.15) is 18.9 Å². The fraction of sp³-hybridized carbons (Fsp3) is 0.600. The summed E-state index contributed by atoms with van der Waals surface area (Å²) < 4.78 is 1.86. The first-order chi connectivity index (χ1) is 11.0. The lowest BCUT2D eigenvalue weighted by Crippen LogP contribution is -2.38. The molecule has 2 heterocycles. The Hall–Kier alpha value is -2.38. The van der Waals surface area contributed by atoms with Crippen molar-refractivity contribution in [2.45, 2.75) is 38.6 Å². The predicted molar refractivity (Wildman–Crippen MR) is 82.8 cm³/mol. The Morgan fingerprint density at radius 1 is 1.35 bits per heavy atom. The van der Waals surface area contributed by atoms with Crippen molar-refractivity contribution in [2.24, 2.45) is 0 Å². The lowest BCUT2D eigenvalue weighted by Gasteiger charge is -2.17. The number of carbonyl (C=O) groups is 3. The second-order valence-corrected chi connectivity index (χ2v) is 6.23. The highest BCUT2D eigenvalue weighted by Crippen LogP contribution is 2.32. The van der Waals surface area contributed by atoms with E-state index in [1.807, 2.05) is 11.6 Å². The number of likely N-dealkylation sites (N-methyl/N-ethyl adjacent to an activating group) is 1. The van der Waals surface area contributed by atoms with Gasteiger partial charge in [-0.3, -0.25) is 14.5 Å². The summed E-state index contributed by atoms with van der Waals surface area (Å²) in [6.45, 7) is 1.64. The number of aromatic nitrogens is 2. The van der Waals surface area contributed by atoms with Crippen LogP contribution in [0.4, 0.5) is 10.6 Å². The van der Waals surface area contributed by atoms with Gasteiger partial charge in [0.15, 0.2) is 0 Å². The van der Waals surface area contributed by atoms with E-state index in [9.17, 15) is 14.4 Å². The highest BCUT2D eigenvalue weighted by atomic mass is 16.2. The monoisotopic (exact) mass is 319 g/mol. The maximum atomic E-state index is 12.3. The van der Waals surface area contributed by atoms with Gasteiger partial charge in [-0.2, -0.15) is 5.10 Å². The Balaban J connectivity index is 1.70. The number of imide groups is 1. The molecule has 124 valence electrons. The fourth-order valence-electron chi connectivity index (χ4n) is 3.17. The third-order valence-electron chi connectivity index (χ3n) is 4.44. The van der Waals surface area contributed by atoms with Crippen LogP contribution < -0.4 is 5.32 Å². The van der Waals surface area contributed by atoms with Crippen molar-refractivity contribution in [1.82, 2.24) is 19.6 Å². The molecule has 8 heteroatoms. The maximum absolute atomic E-state index is 12.3. The number of carbonyl (C=O) groups excluding carboxylic acids is 3. The number of anilines is 1. The molecule has 0 aromatic carbocycles. The van der Waals surface area contributed by atoms with Crippen LogP contribution in [0.25, 0.3) is 0 Å². The third-order valence-corrected chi connectivity index (χ3v) is 4.44. The van der Waals surface area contributed by atoms with Crippen LogP contribution in [-0.4, -0.2) is 57.6 Å². The summed E-state index contributed by atoms with van der Waals surface area (Å²) in [4.78, 5) is 38.1. The lowest BCUT2D eigenvalue weighted by atomic mass is 10.2. The minimum Gasteiger partial charge on any atom is -0.318 e. The summed E-state index contributed by atoms with van der Waals surface area (Å²) in [6.07, 6.45) is 6.17. The average Bonchev–Trinajstić information content (AvgIpc) is 3.19. The Kier molecular flexibility index (Phi) is 4.06. The van der Waals surface area contributed by atoms with Gasteiger partial charge in [0.25, 0.3) is 5.91 Å². The summed E-state index contributed by atoms with van der Waals surface area (Å²) in [5.41, 5.74) is 0.876. The largest absolute Gasteiger partial charge is 0.327 e. The van der Waals surface area contributed by atoms with Crippen molar-refractivity contribution in [3.05, 3.63) is 11.8 Å². The summed E-state index contributed by atoms with van der Waals surface area (Å²) in [5, 5.41) is 7.19. The molecule has 1 N–H and O–H groups in total. The second-order valence-electron chi connectivity index (χ2n) is 6.23. The highest BCUT2D eigenvalue weighted by molar-refractivity contribution is 6.06. The zero-order valence-electron chi connectivity index (χ0n) is 13.4. The van der Waals surface area contributed by atoms with Gasteiger partial charge >= 0.3 is 6.03 Å². The second kappa shape index (κ2) is 6.02. The quantitative estimate of drug-likeness (QED) is 0.843. The number of urea groups is 1. The zero-order chi connectivity index (χ0) is 16.6. The van der Waals surface area contributed by atoms with Crippen LogP contribution in [0.3, 0.4) is 0 Å². The molecule has 4 amide bonds. The molecular formula is C15H21N5O3. The van der Waals surface area contributed by atoms with Crippen LogP contribution in [0.5, 0.6) is 0 Å². The van der Waals surface area contributed by atoms with Crippen molar-refractivity contribution in [3.8, 4) is 0 Å². The molecule has 1 aliphatic heterocycles. The van der Waals surface area contributed by atoms with Gasteiger partial charge in [-0.25, -0.2) is 9.48 Å². The summed E-state index contributed by atoms with van der Waals surface area (Å²) in [6, 6.07) is -0.133. The van der Waals surface area contributed by atoms with Gasteiger partial charge in [-0.1, -0.05) is 12.8 Å². The Bertz CT molecular complexity index is 648. The topological polar surface area (TPSA) is 87.5 Å². The number of rotatable bonds is 4. The van der Waals surface area contributed by atoms with Crippen LogP contribution in [0.1, 0.15) is 37.3 Å². The van der Waals surface area contributed by atoms with E-state index >= 15 is 0 Å². The summed E-state index contributed by atoms with van der Waals surface area (Å²) >= 11 is 0. The van der Waals surface area contributed by atoms with Crippen molar-refractivity contribution in [3.63, 3.8) is 0 Å². The molecule has 0 bridgehead atoms. The summed E-state index contributed by atoms with van der Waals surface area (Å²) in [7, 11) is 1.54. The molecule has 2 aliphatic rings. The van der Waals surface area contributed by atoms with Gasteiger partial charge < -0.3 is 10.2 Å². The molecule has 1 aromatic rings. The van der Waals surface area contributed by atoms with E-state index in [4.69, 9.17) is 0 Å². The first-order valence-corrected chi connectivity index (χ1v) is 7.87. The molecule has 1 saturated heterocycles. The lowest BCUT2D eigenvalue weighted by molar-refractivity contribution is -0.129. The normalized spacial score (nSPS) is 19.0. The van der Waals surface area contributed by atoms with Gasteiger partial charge in [-0.05, 0) is 19.8 Å². The molecule has 23 heavy (non-hydrogen) atoms. The van der Waals surface area contributed by atoms with Crippen LogP contribution in [0.2, 0.25) is 0 Å². The molecular weight excluding hydrogens is 298 g/mol. The van der Waals surface area contributed by atoms with E-state index in [1.54, 1.807) is 6.20 Å². The van der Waals surface area contributed by atoms with Crippen molar-refractivity contribution >= 4 is 23.7 Å². The molecule has 3 rings (SSSR count). The number of hydrogen-bond donors (Lipinski definition) is 1. The number of hydrogen-bond acceptors (Lipinski definition) is 4.